The Morgan fingerprint density at radius 1 is 1.00 bits per heavy atom. The second kappa shape index (κ2) is 14.1. The summed E-state index contributed by atoms with van der Waals surface area (Å²) in [5.74, 6) is -3.21. The summed E-state index contributed by atoms with van der Waals surface area (Å²) in [6.45, 7) is 1.23. The van der Waals surface area contributed by atoms with Gasteiger partial charge in [-0.05, 0) is 42.7 Å². The number of hydrogen-bond donors (Lipinski definition) is 1. The largest absolute Gasteiger partial charge is 0.493 e. The van der Waals surface area contributed by atoms with E-state index in [1.54, 1.807) is 17.0 Å². The van der Waals surface area contributed by atoms with Crippen LogP contribution in [0.2, 0.25) is 0 Å². The van der Waals surface area contributed by atoms with Crippen LogP contribution in [-0.4, -0.2) is 45.2 Å². The lowest BCUT2D eigenvalue weighted by molar-refractivity contribution is -0.140. The van der Waals surface area contributed by atoms with Crippen molar-refractivity contribution in [3.8, 4) is 5.75 Å². The van der Waals surface area contributed by atoms with Crippen LogP contribution in [0, 0.1) is 17.5 Å². The van der Waals surface area contributed by atoms with E-state index in [0.29, 0.717) is 19.0 Å². The molecule has 6 nitrogen and oxygen atoms in total. The number of rotatable bonds is 13. The lowest BCUT2D eigenvalue weighted by Gasteiger charge is -2.23. The number of ether oxygens (including phenoxy) is 1. The van der Waals surface area contributed by atoms with E-state index in [9.17, 15) is 39.6 Å². The van der Waals surface area contributed by atoms with Crippen LogP contribution in [0.25, 0.3) is 0 Å². The molecule has 0 aliphatic rings. The highest BCUT2D eigenvalue weighted by Gasteiger charge is 2.35. The van der Waals surface area contributed by atoms with Crippen LogP contribution in [0.3, 0.4) is 0 Å². The molecule has 3 rings (SSSR count). The van der Waals surface area contributed by atoms with Gasteiger partial charge in [-0.2, -0.15) is 13.2 Å². The quantitative estimate of drug-likeness (QED) is 0.198. The van der Waals surface area contributed by atoms with Gasteiger partial charge in [0.15, 0.2) is 9.84 Å². The summed E-state index contributed by atoms with van der Waals surface area (Å²) in [5.41, 5.74) is -0.965. The van der Waals surface area contributed by atoms with Crippen LogP contribution >= 0.6 is 0 Å². The Hall–Kier alpha value is -3.58. The Morgan fingerprint density at radius 3 is 2.31 bits per heavy atom. The molecule has 0 aliphatic carbocycles. The van der Waals surface area contributed by atoms with E-state index in [-0.39, 0.29) is 54.4 Å². The van der Waals surface area contributed by atoms with Crippen molar-refractivity contribution in [2.75, 3.05) is 26.0 Å². The van der Waals surface area contributed by atoms with Gasteiger partial charge in [0.2, 0.25) is 5.91 Å². The van der Waals surface area contributed by atoms with Crippen molar-refractivity contribution in [3.63, 3.8) is 0 Å². The van der Waals surface area contributed by atoms with Crippen LogP contribution in [-0.2, 0) is 40.3 Å². The van der Waals surface area contributed by atoms with E-state index in [1.807, 2.05) is 0 Å². The van der Waals surface area contributed by atoms with Crippen LogP contribution in [0.15, 0.2) is 59.5 Å². The fraction of sp³-hybridized carbons (Fsp3) is 0.345. The minimum atomic E-state index is -4.86. The van der Waals surface area contributed by atoms with Crippen LogP contribution < -0.4 is 10.1 Å². The maximum atomic E-state index is 14.8. The number of amides is 1. The second-order valence-electron chi connectivity index (χ2n) is 9.69. The number of nitrogens with zero attached hydrogens (tertiary/aromatic N) is 1. The molecule has 3 aromatic carbocycles. The van der Waals surface area contributed by atoms with E-state index in [4.69, 9.17) is 4.74 Å². The van der Waals surface area contributed by atoms with Gasteiger partial charge in [0.25, 0.3) is 0 Å². The van der Waals surface area contributed by atoms with Crippen LogP contribution in [0.4, 0.5) is 26.3 Å². The highest BCUT2D eigenvalue weighted by molar-refractivity contribution is 7.90. The molecule has 0 aliphatic heterocycles. The van der Waals surface area contributed by atoms with Gasteiger partial charge in [-0.15, -0.1) is 0 Å². The van der Waals surface area contributed by atoms with Crippen molar-refractivity contribution in [2.45, 2.75) is 43.9 Å². The maximum absolute atomic E-state index is 14.8. The van der Waals surface area contributed by atoms with Gasteiger partial charge >= 0.3 is 6.18 Å². The molecule has 0 spiro atoms. The predicted molar refractivity (Wildman–Crippen MR) is 144 cm³/mol. The zero-order valence-electron chi connectivity index (χ0n) is 22.9. The number of sulfone groups is 1. The normalized spacial score (nSPS) is 12.0. The molecular weight excluding hydrogens is 586 g/mol. The first-order valence-corrected chi connectivity index (χ1v) is 14.8. The molecule has 13 heteroatoms. The molecule has 3 aromatic rings. The van der Waals surface area contributed by atoms with Gasteiger partial charge in [0.05, 0.1) is 17.1 Å². The number of alkyl halides is 3. The zero-order valence-corrected chi connectivity index (χ0v) is 23.7. The average Bonchev–Trinajstić information content (AvgIpc) is 2.89. The van der Waals surface area contributed by atoms with E-state index in [1.165, 1.54) is 25.1 Å². The highest BCUT2D eigenvalue weighted by Crippen LogP contribution is 2.33. The van der Waals surface area contributed by atoms with Crippen LogP contribution in [0.1, 0.15) is 35.6 Å². The summed E-state index contributed by atoms with van der Waals surface area (Å²) in [7, 11) is -3.88. The molecule has 0 fully saturated rings. The molecular formula is C29H30F6N2O4S. The first-order valence-electron chi connectivity index (χ1n) is 12.9. The summed E-state index contributed by atoms with van der Waals surface area (Å²) < 4.78 is 113. The second-order valence-corrected chi connectivity index (χ2v) is 11.7. The van der Waals surface area contributed by atoms with Gasteiger partial charge in [0.1, 0.15) is 23.2 Å². The van der Waals surface area contributed by atoms with Gasteiger partial charge in [-0.25, -0.2) is 21.6 Å². The van der Waals surface area contributed by atoms with Crippen molar-refractivity contribution in [2.24, 2.45) is 0 Å². The van der Waals surface area contributed by atoms with Gasteiger partial charge < -0.3 is 10.1 Å². The fourth-order valence-electron chi connectivity index (χ4n) is 4.23. The molecule has 0 aromatic heterocycles. The van der Waals surface area contributed by atoms with Gasteiger partial charge in [-0.3, -0.25) is 9.69 Å². The third-order valence-electron chi connectivity index (χ3n) is 6.34. The first kappa shape index (κ1) is 32.9. The van der Waals surface area contributed by atoms with Crippen molar-refractivity contribution in [3.05, 3.63) is 94.3 Å². The number of hydrogen-bond acceptors (Lipinski definition) is 5. The third-order valence-corrected chi connectivity index (χ3v) is 7.50. The summed E-state index contributed by atoms with van der Waals surface area (Å²) >= 11 is 0. The topological polar surface area (TPSA) is 75.7 Å². The summed E-state index contributed by atoms with van der Waals surface area (Å²) in [6.07, 6.45) is -3.28. The monoisotopic (exact) mass is 616 g/mol. The third kappa shape index (κ3) is 9.48. The standard InChI is InChI=1S/C29H30F6N2O4S/c1-19(38)36-17-24-26(31)15-23(16-27(24)42(2,39)40)41-14-4-12-37(13-11-20-7-9-22(30)10-8-20)18-21-5-3-6-25(28(21)32)29(33,34)35/h3,5-10,15-16H,4,11-14,17-18H2,1-2H3,(H,36,38). The fourth-order valence-corrected chi connectivity index (χ4v) is 5.18. The minimum Gasteiger partial charge on any atom is -0.493 e. The number of carbonyl (C=O) groups excluding carboxylic acids is 1. The Balaban J connectivity index is 1.73. The zero-order chi connectivity index (χ0) is 31.1. The van der Waals surface area contributed by atoms with Crippen molar-refractivity contribution in [1.82, 2.24) is 10.2 Å². The van der Waals surface area contributed by atoms with Crippen molar-refractivity contribution < 1.29 is 44.3 Å². The Morgan fingerprint density at radius 2 is 1.69 bits per heavy atom. The molecule has 0 atom stereocenters. The van der Waals surface area contributed by atoms with Gasteiger partial charge in [0, 0.05) is 56.6 Å². The SMILES string of the molecule is CC(=O)NCc1c(F)cc(OCCCN(CCc2ccc(F)cc2)Cc2cccc(C(F)(F)F)c2F)cc1S(C)(=O)=O. The number of benzene rings is 3. The molecule has 1 N–H and O–H groups in total. The summed E-state index contributed by atoms with van der Waals surface area (Å²) in [6, 6.07) is 10.9. The first-order chi connectivity index (χ1) is 19.6. The minimum absolute atomic E-state index is 0.0220. The smallest absolute Gasteiger partial charge is 0.419 e. The Bertz CT molecular complexity index is 1500. The van der Waals surface area contributed by atoms with Gasteiger partial charge in [-0.1, -0.05) is 24.3 Å². The molecule has 0 bridgehead atoms. The average molecular weight is 617 g/mol. The number of carbonyl (C=O) groups is 1. The Kier molecular flexibility index (Phi) is 11.0. The predicted octanol–water partition coefficient (Wildman–Crippen LogP) is 5.68. The molecule has 228 valence electrons. The van der Waals surface area contributed by atoms with E-state index in [0.717, 1.165) is 30.0 Å². The lowest BCUT2D eigenvalue weighted by atomic mass is 10.1. The lowest BCUT2D eigenvalue weighted by Crippen LogP contribution is -2.29. The van der Waals surface area contributed by atoms with E-state index >= 15 is 0 Å². The summed E-state index contributed by atoms with van der Waals surface area (Å²) in [5, 5.41) is 2.36. The molecule has 42 heavy (non-hydrogen) atoms. The molecule has 0 saturated heterocycles. The van der Waals surface area contributed by atoms with E-state index < -0.39 is 44.9 Å². The molecule has 0 unspecified atom stereocenters. The number of nitrogens with one attached hydrogen (secondary N) is 1. The highest BCUT2D eigenvalue weighted by atomic mass is 32.2. The number of halogens is 6. The molecule has 0 heterocycles. The van der Waals surface area contributed by atoms with E-state index in [2.05, 4.69) is 5.32 Å². The summed E-state index contributed by atoms with van der Waals surface area (Å²) in [4.78, 5) is 12.6. The van der Waals surface area contributed by atoms with Crippen molar-refractivity contribution >= 4 is 15.7 Å². The molecule has 0 radical (unpaired) electrons. The van der Waals surface area contributed by atoms with Crippen LogP contribution in [0.5, 0.6) is 5.75 Å². The van der Waals surface area contributed by atoms with Crippen molar-refractivity contribution in [1.29, 1.82) is 0 Å². The molecule has 0 saturated carbocycles. The molecule has 1 amide bonds. The Labute approximate surface area is 240 Å². The maximum Gasteiger partial charge on any atom is 0.419 e.